The highest BCUT2D eigenvalue weighted by molar-refractivity contribution is 7.92. The van der Waals surface area contributed by atoms with Gasteiger partial charge in [0.1, 0.15) is 12.4 Å². The fourth-order valence-corrected chi connectivity index (χ4v) is 3.12. The summed E-state index contributed by atoms with van der Waals surface area (Å²) in [7, 11) is -2.60. The molecule has 2 aromatic rings. The molecule has 0 bridgehead atoms. The number of alkyl halides is 3. The average molecular weight is 389 g/mol. The van der Waals surface area contributed by atoms with Crippen molar-refractivity contribution in [2.24, 2.45) is 0 Å². The van der Waals surface area contributed by atoms with Crippen LogP contribution in [0.25, 0.3) is 0 Å². The van der Waals surface area contributed by atoms with Gasteiger partial charge < -0.3 is 9.47 Å². The summed E-state index contributed by atoms with van der Waals surface area (Å²) < 4.78 is 76.2. The fraction of sp³-hybridized carbons (Fsp3) is 0.294. The lowest BCUT2D eigenvalue weighted by Gasteiger charge is -2.14. The van der Waals surface area contributed by atoms with Crippen LogP contribution in [0.5, 0.6) is 5.75 Å². The smallest absolute Gasteiger partial charge is 0.416 e. The Morgan fingerprint density at radius 3 is 2.27 bits per heavy atom. The second-order valence-electron chi connectivity index (χ2n) is 5.50. The minimum Gasteiger partial charge on any atom is -0.491 e. The van der Waals surface area contributed by atoms with Gasteiger partial charge in [-0.1, -0.05) is 17.7 Å². The summed E-state index contributed by atoms with van der Waals surface area (Å²) in [4.78, 5) is -0.0534. The van der Waals surface area contributed by atoms with Crippen LogP contribution in [0.1, 0.15) is 11.1 Å². The number of nitrogens with one attached hydrogen (secondary N) is 1. The topological polar surface area (TPSA) is 64.6 Å². The van der Waals surface area contributed by atoms with E-state index in [4.69, 9.17) is 9.47 Å². The van der Waals surface area contributed by atoms with Crippen LogP contribution in [0.15, 0.2) is 47.4 Å². The van der Waals surface area contributed by atoms with Gasteiger partial charge >= 0.3 is 6.18 Å². The van der Waals surface area contributed by atoms with Gasteiger partial charge in [0, 0.05) is 13.2 Å². The van der Waals surface area contributed by atoms with E-state index in [1.165, 1.54) is 25.3 Å². The van der Waals surface area contributed by atoms with Crippen LogP contribution in [0.3, 0.4) is 0 Å². The number of ether oxygens (including phenoxy) is 2. The van der Waals surface area contributed by atoms with E-state index in [0.29, 0.717) is 0 Å². The van der Waals surface area contributed by atoms with Crippen LogP contribution in [-0.2, 0) is 20.9 Å². The average Bonchev–Trinajstić information content (AvgIpc) is 2.54. The van der Waals surface area contributed by atoms with Gasteiger partial charge in [0.2, 0.25) is 0 Å². The van der Waals surface area contributed by atoms with Crippen LogP contribution in [0, 0.1) is 6.92 Å². The van der Waals surface area contributed by atoms with Crippen molar-refractivity contribution >= 4 is 15.7 Å². The highest BCUT2D eigenvalue weighted by atomic mass is 32.2. The summed E-state index contributed by atoms with van der Waals surface area (Å²) in [5.74, 6) is -0.113. The van der Waals surface area contributed by atoms with Gasteiger partial charge in [-0.2, -0.15) is 13.2 Å². The van der Waals surface area contributed by atoms with Crippen molar-refractivity contribution in [3.63, 3.8) is 0 Å². The number of methoxy groups -OCH3 is 1. The minimum absolute atomic E-state index is 0.0297. The van der Waals surface area contributed by atoms with E-state index in [9.17, 15) is 21.6 Å². The molecule has 0 amide bonds. The number of hydrogen-bond donors (Lipinski definition) is 1. The van der Waals surface area contributed by atoms with E-state index in [1.54, 1.807) is 19.1 Å². The summed E-state index contributed by atoms with van der Waals surface area (Å²) in [5.41, 5.74) is -0.404. The monoisotopic (exact) mass is 389 g/mol. The third kappa shape index (κ3) is 5.37. The maximum Gasteiger partial charge on any atom is 0.416 e. The molecule has 0 aliphatic carbocycles. The number of benzene rings is 2. The molecule has 0 saturated heterocycles. The molecule has 0 radical (unpaired) electrons. The van der Waals surface area contributed by atoms with Crippen LogP contribution in [0.2, 0.25) is 0 Å². The zero-order chi connectivity index (χ0) is 19.4. The second-order valence-corrected chi connectivity index (χ2v) is 7.19. The molecular formula is C17H18F3NO4S. The molecule has 0 aliphatic heterocycles. The van der Waals surface area contributed by atoms with Crippen molar-refractivity contribution in [3.8, 4) is 5.75 Å². The summed E-state index contributed by atoms with van der Waals surface area (Å²) in [5, 5.41) is 0. The Kier molecular flexibility index (Phi) is 6.14. The lowest BCUT2D eigenvalue weighted by molar-refractivity contribution is -0.137. The fourth-order valence-electron chi connectivity index (χ4n) is 2.08. The number of sulfonamides is 1. The zero-order valence-electron chi connectivity index (χ0n) is 14.1. The molecule has 142 valence electrons. The molecule has 5 nitrogen and oxygen atoms in total. The summed E-state index contributed by atoms with van der Waals surface area (Å²) in [6, 6.07) is 8.66. The molecule has 26 heavy (non-hydrogen) atoms. The molecule has 0 saturated carbocycles. The van der Waals surface area contributed by atoms with Gasteiger partial charge in [-0.3, -0.25) is 4.72 Å². The van der Waals surface area contributed by atoms with Crippen LogP contribution in [0.4, 0.5) is 18.9 Å². The van der Waals surface area contributed by atoms with Crippen molar-refractivity contribution in [2.75, 3.05) is 25.0 Å². The first kappa shape index (κ1) is 20.1. The van der Waals surface area contributed by atoms with Crippen molar-refractivity contribution in [3.05, 3.63) is 53.6 Å². The Bertz CT molecular complexity index is 849. The molecule has 0 atom stereocenters. The molecule has 0 aliphatic rings. The third-order valence-electron chi connectivity index (χ3n) is 3.37. The van der Waals surface area contributed by atoms with Crippen LogP contribution in [-0.4, -0.2) is 28.7 Å². The van der Waals surface area contributed by atoms with Crippen LogP contribution >= 0.6 is 0 Å². The van der Waals surface area contributed by atoms with E-state index >= 15 is 0 Å². The maximum atomic E-state index is 13.1. The Morgan fingerprint density at radius 1 is 1.04 bits per heavy atom. The molecular weight excluding hydrogens is 371 g/mol. The van der Waals surface area contributed by atoms with Crippen molar-refractivity contribution < 1.29 is 31.1 Å². The molecule has 0 heterocycles. The molecule has 9 heteroatoms. The van der Waals surface area contributed by atoms with Gasteiger partial charge in [0.15, 0.2) is 0 Å². The predicted molar refractivity (Wildman–Crippen MR) is 90.8 cm³/mol. The lowest BCUT2D eigenvalue weighted by atomic mass is 10.2. The van der Waals surface area contributed by atoms with E-state index < -0.39 is 21.8 Å². The van der Waals surface area contributed by atoms with E-state index in [-0.39, 0.29) is 29.5 Å². The van der Waals surface area contributed by atoms with Gasteiger partial charge in [-0.15, -0.1) is 0 Å². The number of rotatable bonds is 7. The zero-order valence-corrected chi connectivity index (χ0v) is 14.9. The van der Waals surface area contributed by atoms with Crippen LogP contribution < -0.4 is 9.46 Å². The largest absolute Gasteiger partial charge is 0.491 e. The molecule has 0 unspecified atom stereocenters. The van der Waals surface area contributed by atoms with Gasteiger partial charge in [0.25, 0.3) is 10.0 Å². The van der Waals surface area contributed by atoms with Crippen molar-refractivity contribution in [1.29, 1.82) is 0 Å². The quantitative estimate of drug-likeness (QED) is 0.731. The highest BCUT2D eigenvalue weighted by Crippen LogP contribution is 2.34. The first-order valence-electron chi connectivity index (χ1n) is 7.55. The minimum atomic E-state index is -4.65. The summed E-state index contributed by atoms with van der Waals surface area (Å²) in [6.45, 7) is 2.00. The van der Waals surface area contributed by atoms with Crippen molar-refractivity contribution in [2.45, 2.75) is 18.0 Å². The Labute approximate surface area is 149 Å². The normalized spacial score (nSPS) is 12.0. The summed E-state index contributed by atoms with van der Waals surface area (Å²) >= 11 is 0. The maximum absolute atomic E-state index is 13.1. The molecule has 2 rings (SSSR count). The second kappa shape index (κ2) is 7.96. The van der Waals surface area contributed by atoms with Gasteiger partial charge in [-0.05, 0) is 31.2 Å². The number of hydrogen-bond acceptors (Lipinski definition) is 4. The Balaban J connectivity index is 2.34. The number of anilines is 1. The Morgan fingerprint density at radius 2 is 1.69 bits per heavy atom. The molecule has 0 aromatic heterocycles. The Hall–Kier alpha value is -2.26. The summed E-state index contributed by atoms with van der Waals surface area (Å²) in [6.07, 6.45) is -4.65. The van der Waals surface area contributed by atoms with Gasteiger partial charge in [-0.25, -0.2) is 8.42 Å². The first-order valence-corrected chi connectivity index (χ1v) is 9.03. The SMILES string of the molecule is COCCOc1cc(NS(=O)(=O)c2ccc(C)cc2)cc(C(F)(F)F)c1. The molecule has 0 spiro atoms. The van der Waals surface area contributed by atoms with E-state index in [2.05, 4.69) is 4.72 Å². The first-order chi connectivity index (χ1) is 12.1. The highest BCUT2D eigenvalue weighted by Gasteiger charge is 2.32. The van der Waals surface area contributed by atoms with Gasteiger partial charge in [0.05, 0.1) is 22.8 Å². The number of halogens is 3. The van der Waals surface area contributed by atoms with E-state index in [1.807, 2.05) is 0 Å². The molecule has 1 N–H and O–H groups in total. The third-order valence-corrected chi connectivity index (χ3v) is 4.77. The van der Waals surface area contributed by atoms with Crippen molar-refractivity contribution in [1.82, 2.24) is 0 Å². The standard InChI is InChI=1S/C17H18F3NO4S/c1-12-3-5-16(6-4-12)26(22,23)21-14-9-13(17(18,19)20)10-15(11-14)25-8-7-24-2/h3-6,9-11,21H,7-8H2,1-2H3. The number of aryl methyl sites for hydroxylation is 1. The molecule has 2 aromatic carbocycles. The van der Waals surface area contributed by atoms with E-state index in [0.717, 1.165) is 17.7 Å². The molecule has 0 fully saturated rings. The lowest BCUT2D eigenvalue weighted by Crippen LogP contribution is -2.15. The predicted octanol–water partition coefficient (Wildman–Crippen LogP) is 3.84.